The number of hydrogen-bond acceptors (Lipinski definition) is 8. The second kappa shape index (κ2) is 13.0. The first-order valence-electron chi connectivity index (χ1n) is 12.6. The quantitative estimate of drug-likeness (QED) is 0.337. The highest BCUT2D eigenvalue weighted by Crippen LogP contribution is 2.31. The minimum absolute atomic E-state index is 0.00977. The lowest BCUT2D eigenvalue weighted by Crippen LogP contribution is -2.46. The highest BCUT2D eigenvalue weighted by Gasteiger charge is 2.39. The number of benzene rings is 2. The van der Waals surface area contributed by atoms with Crippen molar-refractivity contribution in [2.75, 3.05) is 13.2 Å². The van der Waals surface area contributed by atoms with E-state index in [2.05, 4.69) is 0 Å². The zero-order chi connectivity index (χ0) is 28.8. The Bertz CT molecular complexity index is 1470. The molecule has 0 N–H and O–H groups in total. The van der Waals surface area contributed by atoms with Crippen LogP contribution in [0.4, 0.5) is 4.39 Å². The molecule has 0 unspecified atom stereocenters. The summed E-state index contributed by atoms with van der Waals surface area (Å²) < 4.78 is 38.3. The minimum atomic E-state index is -1.39. The number of rotatable bonds is 10. The van der Waals surface area contributed by atoms with Crippen LogP contribution in [0.1, 0.15) is 48.8 Å². The third-order valence-electron chi connectivity index (χ3n) is 6.17. The van der Waals surface area contributed by atoms with Crippen molar-refractivity contribution in [2.45, 2.75) is 51.7 Å². The molecule has 40 heavy (non-hydrogen) atoms. The lowest BCUT2D eigenvalue weighted by molar-refractivity contribution is -0.148. The Morgan fingerprint density at radius 1 is 1.10 bits per heavy atom. The zero-order valence-electron chi connectivity index (χ0n) is 21.9. The Kier molecular flexibility index (Phi) is 9.51. The maximum absolute atomic E-state index is 14.8. The highest BCUT2D eigenvalue weighted by molar-refractivity contribution is 6.30. The van der Waals surface area contributed by atoms with Crippen molar-refractivity contribution in [1.82, 2.24) is 9.13 Å². The van der Waals surface area contributed by atoms with Crippen LogP contribution in [0, 0.1) is 5.82 Å². The fourth-order valence-corrected chi connectivity index (χ4v) is 4.28. The number of carbonyl (C=O) groups is 2. The van der Waals surface area contributed by atoms with Crippen molar-refractivity contribution >= 4 is 23.5 Å². The van der Waals surface area contributed by atoms with Gasteiger partial charge in [0.2, 0.25) is 5.82 Å². The molecule has 4 rings (SSSR count). The van der Waals surface area contributed by atoms with Crippen LogP contribution in [0.5, 0.6) is 5.75 Å². The molecule has 1 aliphatic rings. The largest absolute Gasteiger partial charge is 0.494 e. The van der Waals surface area contributed by atoms with Crippen molar-refractivity contribution in [2.24, 2.45) is 0 Å². The van der Waals surface area contributed by atoms with Gasteiger partial charge in [-0.3, -0.25) is 19.0 Å². The van der Waals surface area contributed by atoms with Gasteiger partial charge in [-0.15, -0.1) is 0 Å². The van der Waals surface area contributed by atoms with Crippen LogP contribution in [0.3, 0.4) is 0 Å². The van der Waals surface area contributed by atoms with E-state index in [4.69, 9.17) is 30.5 Å². The first-order chi connectivity index (χ1) is 19.2. The van der Waals surface area contributed by atoms with Crippen LogP contribution in [0.15, 0.2) is 64.3 Å². The molecule has 3 aromatic rings. The number of nitrogens with zero attached hydrogens (tertiary/aromatic N) is 2. The zero-order valence-corrected chi connectivity index (χ0v) is 22.6. The maximum Gasteiger partial charge on any atom is 0.340 e. The van der Waals surface area contributed by atoms with Crippen LogP contribution in [0.25, 0.3) is 0 Å². The second-order valence-electron chi connectivity index (χ2n) is 9.13. The van der Waals surface area contributed by atoms with E-state index in [1.807, 2.05) is 6.92 Å². The van der Waals surface area contributed by atoms with E-state index >= 15 is 0 Å². The van der Waals surface area contributed by atoms with Gasteiger partial charge in [-0.1, -0.05) is 30.7 Å². The topological polar surface area (TPSA) is 115 Å². The van der Waals surface area contributed by atoms with Crippen molar-refractivity contribution in [3.8, 4) is 5.75 Å². The molecule has 0 aliphatic carbocycles. The Balaban J connectivity index is 1.59. The highest BCUT2D eigenvalue weighted by atomic mass is 35.5. The summed E-state index contributed by atoms with van der Waals surface area (Å²) in [5.74, 6) is -2.36. The summed E-state index contributed by atoms with van der Waals surface area (Å²) in [4.78, 5) is 50.4. The molecule has 0 spiro atoms. The predicted octanol–water partition coefficient (Wildman–Crippen LogP) is 3.72. The van der Waals surface area contributed by atoms with Crippen LogP contribution < -0.4 is 16.0 Å². The summed E-state index contributed by atoms with van der Waals surface area (Å²) in [5.41, 5.74) is -1.67. The smallest absolute Gasteiger partial charge is 0.340 e. The predicted molar refractivity (Wildman–Crippen MR) is 142 cm³/mol. The Morgan fingerprint density at radius 2 is 1.80 bits per heavy atom. The average Bonchev–Trinajstić information content (AvgIpc) is 3.35. The summed E-state index contributed by atoms with van der Waals surface area (Å²) in [6.45, 7) is 3.64. The van der Waals surface area contributed by atoms with E-state index in [0.717, 1.165) is 16.6 Å². The molecule has 10 nitrogen and oxygen atoms in total. The molecule has 212 valence electrons. The fourth-order valence-electron chi connectivity index (χ4n) is 4.15. The molecular formula is C28H28ClFN2O8. The van der Waals surface area contributed by atoms with Gasteiger partial charge >= 0.3 is 11.7 Å². The first-order valence-corrected chi connectivity index (χ1v) is 13.0. The molecule has 0 radical (unpaired) electrons. The molecule has 0 saturated carbocycles. The van der Waals surface area contributed by atoms with Gasteiger partial charge in [0.1, 0.15) is 24.7 Å². The molecule has 0 amide bonds. The Morgan fingerprint density at radius 3 is 2.45 bits per heavy atom. The van der Waals surface area contributed by atoms with Gasteiger partial charge in [0.05, 0.1) is 25.5 Å². The van der Waals surface area contributed by atoms with Crippen LogP contribution in [0.2, 0.25) is 5.02 Å². The number of halogens is 2. The van der Waals surface area contributed by atoms with E-state index in [1.165, 1.54) is 31.2 Å². The van der Waals surface area contributed by atoms with E-state index in [1.54, 1.807) is 24.3 Å². The van der Waals surface area contributed by atoms with E-state index in [0.29, 0.717) is 23.6 Å². The van der Waals surface area contributed by atoms with Gasteiger partial charge in [0.15, 0.2) is 0 Å². The minimum Gasteiger partial charge on any atom is -0.494 e. The van der Waals surface area contributed by atoms with Crippen molar-refractivity contribution in [3.05, 3.63) is 97.5 Å². The summed E-state index contributed by atoms with van der Waals surface area (Å²) >= 11 is 5.93. The third-order valence-corrected chi connectivity index (χ3v) is 6.42. The van der Waals surface area contributed by atoms with Crippen molar-refractivity contribution < 1.29 is 32.9 Å². The van der Waals surface area contributed by atoms with Gasteiger partial charge in [-0.2, -0.15) is 8.96 Å². The maximum atomic E-state index is 14.8. The number of esters is 1. The summed E-state index contributed by atoms with van der Waals surface area (Å²) in [7, 11) is 0. The summed E-state index contributed by atoms with van der Waals surface area (Å²) in [6, 6.07) is 12.8. The van der Waals surface area contributed by atoms with Gasteiger partial charge in [-0.05, 0) is 48.4 Å². The summed E-state index contributed by atoms with van der Waals surface area (Å²) in [5, 5.41) is 0.563. The molecular weight excluding hydrogens is 547 g/mol. The molecule has 2 heterocycles. The summed E-state index contributed by atoms with van der Waals surface area (Å²) in [6.07, 6.45) is -1.04. The van der Waals surface area contributed by atoms with E-state index in [9.17, 15) is 23.6 Å². The van der Waals surface area contributed by atoms with Crippen LogP contribution in [-0.4, -0.2) is 46.4 Å². The monoisotopic (exact) mass is 574 g/mol. The lowest BCUT2D eigenvalue weighted by atomic mass is 10.1. The number of ether oxygens (including phenoxy) is 4. The molecule has 1 saturated heterocycles. The molecule has 1 aliphatic heterocycles. The molecule has 1 aromatic heterocycles. The SMILES string of the molecule is CCCOc1ccc(C(=O)n2c(=O)c(F)cn([C@H]3C[C@H](OCc4ccc(Cl)cc4)[C@@H](COC(C)=O)O3)c2=O)cc1. The second-order valence-corrected chi connectivity index (χ2v) is 9.57. The van der Waals surface area contributed by atoms with Crippen LogP contribution in [-0.2, 0) is 25.6 Å². The van der Waals surface area contributed by atoms with E-state index in [-0.39, 0.29) is 29.8 Å². The van der Waals surface area contributed by atoms with E-state index < -0.39 is 47.4 Å². The van der Waals surface area contributed by atoms with Crippen LogP contribution >= 0.6 is 11.6 Å². The number of hydrogen-bond donors (Lipinski definition) is 0. The molecule has 12 heteroatoms. The van der Waals surface area contributed by atoms with Gasteiger partial charge in [0.25, 0.3) is 11.5 Å². The van der Waals surface area contributed by atoms with Crippen molar-refractivity contribution in [1.29, 1.82) is 0 Å². The molecule has 2 aromatic carbocycles. The third kappa shape index (κ3) is 6.85. The lowest BCUT2D eigenvalue weighted by Gasteiger charge is -2.19. The Hall–Kier alpha value is -3.80. The number of aromatic nitrogens is 2. The molecule has 0 bridgehead atoms. The normalized spacial score (nSPS) is 18.4. The average molecular weight is 575 g/mol. The van der Waals surface area contributed by atoms with Gasteiger partial charge < -0.3 is 18.9 Å². The van der Waals surface area contributed by atoms with Crippen molar-refractivity contribution in [3.63, 3.8) is 0 Å². The molecule has 3 atom stereocenters. The Labute approximate surface area is 233 Å². The van der Waals surface area contributed by atoms with Gasteiger partial charge in [-0.25, -0.2) is 4.79 Å². The van der Waals surface area contributed by atoms with Gasteiger partial charge in [0, 0.05) is 23.9 Å². The fraction of sp³-hybridized carbons (Fsp3) is 0.357. The number of carbonyl (C=O) groups excluding carboxylic acids is 2. The first kappa shape index (κ1) is 29.2. The molecule has 1 fully saturated rings. The standard InChI is InChI=1S/C28H28ClFN2O8/c1-3-12-37-21-10-6-19(7-11-21)26(34)32-27(35)22(30)14-31(28(32)36)25-13-23(24(40-25)16-38-17(2)33)39-15-18-4-8-20(29)9-5-18/h4-11,14,23-25H,3,12-13,15-16H2,1-2H3/t23-,24+,25+/m0/s1.